The lowest BCUT2D eigenvalue weighted by Gasteiger charge is -2.06. The molecule has 1 aromatic heterocycles. The molecule has 0 saturated heterocycles. The third-order valence-electron chi connectivity index (χ3n) is 2.96. The summed E-state index contributed by atoms with van der Waals surface area (Å²) < 4.78 is 0. The van der Waals surface area contributed by atoms with Gasteiger partial charge in [-0.25, -0.2) is 9.78 Å². The van der Waals surface area contributed by atoms with Crippen molar-refractivity contribution in [3.63, 3.8) is 0 Å². The molecule has 1 N–H and O–H groups in total. The van der Waals surface area contributed by atoms with Gasteiger partial charge in [0, 0.05) is 0 Å². The number of carbonyl (C=O) groups is 1. The second-order valence-electron chi connectivity index (χ2n) is 4.17. The van der Waals surface area contributed by atoms with E-state index in [1.165, 1.54) is 37.0 Å². The van der Waals surface area contributed by atoms with Crippen molar-refractivity contribution in [1.29, 1.82) is 0 Å². The van der Waals surface area contributed by atoms with E-state index in [0.29, 0.717) is 10.8 Å². The number of rotatable bonds is 3. The van der Waals surface area contributed by atoms with E-state index in [1.807, 2.05) is 6.92 Å². The van der Waals surface area contributed by atoms with Crippen molar-refractivity contribution in [1.82, 2.24) is 4.98 Å². The van der Waals surface area contributed by atoms with Gasteiger partial charge >= 0.3 is 5.97 Å². The van der Waals surface area contributed by atoms with Gasteiger partial charge in [0.15, 0.2) is 0 Å². The normalized spacial score (nSPS) is 17.1. The molecule has 0 aromatic carbocycles. The molecule has 82 valence electrons. The predicted molar refractivity (Wildman–Crippen MR) is 59.5 cm³/mol. The topological polar surface area (TPSA) is 50.2 Å². The van der Waals surface area contributed by atoms with Gasteiger partial charge in [-0.1, -0.05) is 25.7 Å². The van der Waals surface area contributed by atoms with Crippen LogP contribution in [0.4, 0.5) is 0 Å². The SMILES string of the molecule is Cc1nc(CC2CCCC2)c(C(=O)O)s1. The largest absolute Gasteiger partial charge is 0.477 e. The highest BCUT2D eigenvalue weighted by atomic mass is 32.1. The van der Waals surface area contributed by atoms with Crippen LogP contribution in [0.25, 0.3) is 0 Å². The number of hydrogen-bond acceptors (Lipinski definition) is 3. The number of carboxylic acids is 1. The summed E-state index contributed by atoms with van der Waals surface area (Å²) in [6.45, 7) is 1.87. The minimum absolute atomic E-state index is 0.444. The highest BCUT2D eigenvalue weighted by Gasteiger charge is 2.21. The first-order chi connectivity index (χ1) is 7.16. The summed E-state index contributed by atoms with van der Waals surface area (Å²) in [7, 11) is 0. The highest BCUT2D eigenvalue weighted by molar-refractivity contribution is 7.13. The Labute approximate surface area is 93.2 Å². The number of aromatic carboxylic acids is 1. The Kier molecular flexibility index (Phi) is 3.05. The van der Waals surface area contributed by atoms with Gasteiger partial charge in [0.1, 0.15) is 4.88 Å². The van der Waals surface area contributed by atoms with Gasteiger partial charge < -0.3 is 5.11 Å². The summed E-state index contributed by atoms with van der Waals surface area (Å²) in [5.41, 5.74) is 0.803. The lowest BCUT2D eigenvalue weighted by Crippen LogP contribution is -2.04. The van der Waals surface area contributed by atoms with Crippen LogP contribution in [0.1, 0.15) is 46.1 Å². The van der Waals surface area contributed by atoms with Crippen molar-refractivity contribution < 1.29 is 9.90 Å². The Hall–Kier alpha value is -0.900. The van der Waals surface area contributed by atoms with Crippen molar-refractivity contribution in [2.24, 2.45) is 5.92 Å². The van der Waals surface area contributed by atoms with Gasteiger partial charge in [-0.3, -0.25) is 0 Å². The number of aryl methyl sites for hydroxylation is 1. The van der Waals surface area contributed by atoms with Crippen LogP contribution < -0.4 is 0 Å². The highest BCUT2D eigenvalue weighted by Crippen LogP contribution is 2.30. The maximum Gasteiger partial charge on any atom is 0.347 e. The molecule has 0 amide bonds. The standard InChI is InChI=1S/C11H15NO2S/c1-7-12-9(10(15-7)11(13)14)6-8-4-2-3-5-8/h8H,2-6H2,1H3,(H,13,14). The fraction of sp³-hybridized carbons (Fsp3) is 0.636. The third-order valence-corrected chi connectivity index (χ3v) is 3.96. The summed E-state index contributed by atoms with van der Waals surface area (Å²) in [5, 5.41) is 9.88. The van der Waals surface area contributed by atoms with Gasteiger partial charge in [-0.15, -0.1) is 11.3 Å². The number of aromatic nitrogens is 1. The maximum absolute atomic E-state index is 11.0. The van der Waals surface area contributed by atoms with E-state index in [9.17, 15) is 4.79 Å². The average molecular weight is 225 g/mol. The molecule has 3 nitrogen and oxygen atoms in total. The molecule has 15 heavy (non-hydrogen) atoms. The van der Waals surface area contributed by atoms with Crippen LogP contribution in [0, 0.1) is 12.8 Å². The number of hydrogen-bond donors (Lipinski definition) is 1. The molecule has 1 aromatic rings. The van der Waals surface area contributed by atoms with E-state index in [2.05, 4.69) is 4.98 Å². The second kappa shape index (κ2) is 4.31. The molecule has 1 saturated carbocycles. The molecule has 1 heterocycles. The van der Waals surface area contributed by atoms with Crippen LogP contribution in [0.3, 0.4) is 0 Å². The summed E-state index contributed by atoms with van der Waals surface area (Å²) in [5.74, 6) is -0.168. The summed E-state index contributed by atoms with van der Waals surface area (Å²) in [4.78, 5) is 15.8. The lowest BCUT2D eigenvalue weighted by molar-refractivity contribution is 0.0700. The minimum atomic E-state index is -0.825. The smallest absolute Gasteiger partial charge is 0.347 e. The Bertz CT molecular complexity index is 367. The van der Waals surface area contributed by atoms with E-state index in [1.54, 1.807) is 0 Å². The van der Waals surface area contributed by atoms with Gasteiger partial charge in [-0.05, 0) is 19.3 Å². The van der Waals surface area contributed by atoms with Crippen LogP contribution in [0.2, 0.25) is 0 Å². The third kappa shape index (κ3) is 2.37. The van der Waals surface area contributed by atoms with E-state index in [-0.39, 0.29) is 0 Å². The fourth-order valence-corrected chi connectivity index (χ4v) is 3.05. The number of thiazole rings is 1. The monoisotopic (exact) mass is 225 g/mol. The van der Waals surface area contributed by atoms with Crippen LogP contribution >= 0.6 is 11.3 Å². The minimum Gasteiger partial charge on any atom is -0.477 e. The Balaban J connectivity index is 2.15. The molecule has 0 spiro atoms. The van der Waals surface area contributed by atoms with Gasteiger partial charge in [-0.2, -0.15) is 0 Å². The zero-order chi connectivity index (χ0) is 10.8. The molecule has 1 aliphatic carbocycles. The molecular formula is C11H15NO2S. The van der Waals surface area contributed by atoms with Crippen molar-refractivity contribution in [3.05, 3.63) is 15.6 Å². The first kappa shape index (κ1) is 10.6. The molecule has 0 radical (unpaired) electrons. The van der Waals surface area contributed by atoms with Crippen molar-refractivity contribution >= 4 is 17.3 Å². The molecule has 1 fully saturated rings. The van der Waals surface area contributed by atoms with E-state index < -0.39 is 5.97 Å². The number of nitrogens with zero attached hydrogens (tertiary/aromatic N) is 1. The quantitative estimate of drug-likeness (QED) is 0.860. The summed E-state index contributed by atoms with van der Waals surface area (Å²) in [6.07, 6.45) is 5.89. The molecule has 2 rings (SSSR count). The van der Waals surface area contributed by atoms with Crippen molar-refractivity contribution in [2.75, 3.05) is 0 Å². The molecular weight excluding hydrogens is 210 g/mol. The van der Waals surface area contributed by atoms with Crippen LogP contribution in [0.15, 0.2) is 0 Å². The Morgan fingerprint density at radius 1 is 1.53 bits per heavy atom. The fourth-order valence-electron chi connectivity index (χ4n) is 2.26. The predicted octanol–water partition coefficient (Wildman–Crippen LogP) is 2.88. The molecule has 4 heteroatoms. The first-order valence-corrected chi connectivity index (χ1v) is 6.18. The van der Waals surface area contributed by atoms with Crippen LogP contribution in [-0.4, -0.2) is 16.1 Å². The van der Waals surface area contributed by atoms with Gasteiger partial charge in [0.05, 0.1) is 10.7 Å². The van der Waals surface area contributed by atoms with Crippen molar-refractivity contribution in [3.8, 4) is 0 Å². The zero-order valence-corrected chi connectivity index (χ0v) is 9.64. The average Bonchev–Trinajstić information content (AvgIpc) is 2.75. The van der Waals surface area contributed by atoms with E-state index in [0.717, 1.165) is 17.1 Å². The molecule has 0 bridgehead atoms. The van der Waals surface area contributed by atoms with Gasteiger partial charge in [0.2, 0.25) is 0 Å². The van der Waals surface area contributed by atoms with E-state index in [4.69, 9.17) is 5.11 Å². The first-order valence-electron chi connectivity index (χ1n) is 5.36. The summed E-state index contributed by atoms with van der Waals surface area (Å²) >= 11 is 1.30. The van der Waals surface area contributed by atoms with E-state index >= 15 is 0 Å². The van der Waals surface area contributed by atoms with Gasteiger partial charge in [0.25, 0.3) is 0 Å². The molecule has 0 unspecified atom stereocenters. The zero-order valence-electron chi connectivity index (χ0n) is 8.82. The molecule has 0 aliphatic heterocycles. The second-order valence-corrected chi connectivity index (χ2v) is 5.37. The Morgan fingerprint density at radius 3 is 2.80 bits per heavy atom. The Morgan fingerprint density at radius 2 is 2.20 bits per heavy atom. The number of carboxylic acid groups (broad SMARTS) is 1. The van der Waals surface area contributed by atoms with Crippen LogP contribution in [0.5, 0.6) is 0 Å². The van der Waals surface area contributed by atoms with Crippen LogP contribution in [-0.2, 0) is 6.42 Å². The maximum atomic E-state index is 11.0. The van der Waals surface area contributed by atoms with Crippen molar-refractivity contribution in [2.45, 2.75) is 39.0 Å². The molecule has 0 atom stereocenters. The summed E-state index contributed by atoms with van der Waals surface area (Å²) in [6, 6.07) is 0. The molecule has 1 aliphatic rings. The lowest BCUT2D eigenvalue weighted by atomic mass is 10.0.